The fourth-order valence-electron chi connectivity index (χ4n) is 3.21. The standard InChI is InChI=1S/C12H22N2O2/c1-8(2)14-5-3-4-11(14)9-6-10(12(15)16)13-7-9/h8-11,13H,3-7H2,1-2H3,(H,15,16). The molecule has 0 bridgehead atoms. The van der Waals surface area contributed by atoms with Crippen LogP contribution in [0.15, 0.2) is 0 Å². The highest BCUT2D eigenvalue weighted by atomic mass is 16.4. The zero-order chi connectivity index (χ0) is 11.7. The molecular weight excluding hydrogens is 204 g/mol. The number of hydrogen-bond acceptors (Lipinski definition) is 3. The van der Waals surface area contributed by atoms with Gasteiger partial charge in [-0.1, -0.05) is 0 Å². The minimum absolute atomic E-state index is 0.320. The van der Waals surface area contributed by atoms with Crippen LogP contribution in [0.2, 0.25) is 0 Å². The molecule has 3 atom stereocenters. The largest absolute Gasteiger partial charge is 0.480 e. The lowest BCUT2D eigenvalue weighted by Gasteiger charge is -2.32. The van der Waals surface area contributed by atoms with Crippen LogP contribution < -0.4 is 5.32 Å². The zero-order valence-electron chi connectivity index (χ0n) is 10.1. The van der Waals surface area contributed by atoms with Crippen molar-refractivity contribution in [3.8, 4) is 0 Å². The SMILES string of the molecule is CC(C)N1CCCC1C1CNC(C(=O)O)C1. The maximum atomic E-state index is 10.9. The smallest absolute Gasteiger partial charge is 0.320 e. The highest BCUT2D eigenvalue weighted by molar-refractivity contribution is 5.73. The summed E-state index contributed by atoms with van der Waals surface area (Å²) in [5.74, 6) is -0.178. The molecule has 16 heavy (non-hydrogen) atoms. The van der Waals surface area contributed by atoms with E-state index in [4.69, 9.17) is 5.11 Å². The van der Waals surface area contributed by atoms with Gasteiger partial charge in [0.05, 0.1) is 0 Å². The molecule has 0 aliphatic carbocycles. The lowest BCUT2D eigenvalue weighted by Crippen LogP contribution is -2.40. The first-order valence-electron chi connectivity index (χ1n) is 6.31. The van der Waals surface area contributed by atoms with Crippen molar-refractivity contribution in [1.82, 2.24) is 10.2 Å². The first-order valence-corrected chi connectivity index (χ1v) is 6.31. The average Bonchev–Trinajstić information content (AvgIpc) is 2.86. The lowest BCUT2D eigenvalue weighted by atomic mass is 9.94. The third-order valence-corrected chi connectivity index (χ3v) is 4.01. The highest BCUT2D eigenvalue weighted by Crippen LogP contribution is 2.30. The van der Waals surface area contributed by atoms with Crippen LogP contribution in [0.25, 0.3) is 0 Å². The Bertz CT molecular complexity index is 268. The van der Waals surface area contributed by atoms with E-state index in [0.29, 0.717) is 18.0 Å². The van der Waals surface area contributed by atoms with E-state index in [1.165, 1.54) is 19.4 Å². The summed E-state index contributed by atoms with van der Waals surface area (Å²) < 4.78 is 0. The summed E-state index contributed by atoms with van der Waals surface area (Å²) in [5, 5.41) is 12.1. The second-order valence-electron chi connectivity index (χ2n) is 5.34. The third-order valence-electron chi connectivity index (χ3n) is 4.01. The van der Waals surface area contributed by atoms with Gasteiger partial charge in [0.2, 0.25) is 0 Å². The predicted octanol–water partition coefficient (Wildman–Crippen LogP) is 0.922. The van der Waals surface area contributed by atoms with Gasteiger partial charge in [0.25, 0.3) is 0 Å². The van der Waals surface area contributed by atoms with Crippen molar-refractivity contribution < 1.29 is 9.90 Å². The van der Waals surface area contributed by atoms with Crippen molar-refractivity contribution in [2.24, 2.45) is 5.92 Å². The van der Waals surface area contributed by atoms with Crippen LogP contribution in [-0.4, -0.2) is 47.2 Å². The zero-order valence-corrected chi connectivity index (χ0v) is 10.1. The van der Waals surface area contributed by atoms with Gasteiger partial charge in [0, 0.05) is 18.6 Å². The van der Waals surface area contributed by atoms with E-state index in [0.717, 1.165) is 13.0 Å². The lowest BCUT2D eigenvalue weighted by molar-refractivity contribution is -0.139. The van der Waals surface area contributed by atoms with E-state index in [1.807, 2.05) is 0 Å². The number of carboxylic acids is 1. The molecule has 0 saturated carbocycles. The molecule has 0 aromatic heterocycles. The van der Waals surface area contributed by atoms with E-state index < -0.39 is 5.97 Å². The van der Waals surface area contributed by atoms with Gasteiger partial charge in [0.1, 0.15) is 6.04 Å². The van der Waals surface area contributed by atoms with Crippen LogP contribution in [0.5, 0.6) is 0 Å². The van der Waals surface area contributed by atoms with E-state index in [2.05, 4.69) is 24.1 Å². The summed E-state index contributed by atoms with van der Waals surface area (Å²) in [7, 11) is 0. The fourth-order valence-corrected chi connectivity index (χ4v) is 3.21. The molecule has 2 heterocycles. The van der Waals surface area contributed by atoms with Crippen LogP contribution in [0.3, 0.4) is 0 Å². The Morgan fingerprint density at radius 1 is 1.50 bits per heavy atom. The molecule has 0 spiro atoms. The first-order chi connectivity index (χ1) is 7.59. The predicted molar refractivity (Wildman–Crippen MR) is 62.4 cm³/mol. The topological polar surface area (TPSA) is 52.6 Å². The summed E-state index contributed by atoms with van der Waals surface area (Å²) in [6.07, 6.45) is 3.29. The quantitative estimate of drug-likeness (QED) is 0.751. The molecule has 0 aromatic rings. The maximum Gasteiger partial charge on any atom is 0.320 e. The Balaban J connectivity index is 1.96. The molecule has 2 fully saturated rings. The number of carbonyl (C=O) groups is 1. The number of rotatable bonds is 3. The molecule has 0 aromatic carbocycles. The van der Waals surface area contributed by atoms with Gasteiger partial charge in [0.15, 0.2) is 0 Å². The minimum Gasteiger partial charge on any atom is -0.480 e. The fraction of sp³-hybridized carbons (Fsp3) is 0.917. The molecule has 4 heteroatoms. The summed E-state index contributed by atoms with van der Waals surface area (Å²) >= 11 is 0. The van der Waals surface area contributed by atoms with Crippen molar-refractivity contribution in [3.63, 3.8) is 0 Å². The summed E-state index contributed by atoms with van der Waals surface area (Å²) in [6, 6.07) is 0.854. The van der Waals surface area contributed by atoms with Crippen LogP contribution >= 0.6 is 0 Å². The minimum atomic E-state index is -0.698. The van der Waals surface area contributed by atoms with E-state index in [-0.39, 0.29) is 6.04 Å². The Morgan fingerprint density at radius 2 is 2.25 bits per heavy atom. The number of hydrogen-bond donors (Lipinski definition) is 2. The van der Waals surface area contributed by atoms with Gasteiger partial charge in [-0.05, 0) is 45.6 Å². The summed E-state index contributed by atoms with van der Waals surface area (Å²) in [6.45, 7) is 6.51. The van der Waals surface area contributed by atoms with Crippen molar-refractivity contribution in [2.75, 3.05) is 13.1 Å². The van der Waals surface area contributed by atoms with Gasteiger partial charge in [-0.15, -0.1) is 0 Å². The molecule has 92 valence electrons. The van der Waals surface area contributed by atoms with Crippen LogP contribution in [0.4, 0.5) is 0 Å². The number of carboxylic acid groups (broad SMARTS) is 1. The second-order valence-corrected chi connectivity index (χ2v) is 5.34. The third kappa shape index (κ3) is 2.23. The molecule has 2 aliphatic heterocycles. The van der Waals surface area contributed by atoms with E-state index in [9.17, 15) is 4.79 Å². The van der Waals surface area contributed by atoms with Crippen molar-refractivity contribution >= 4 is 5.97 Å². The Morgan fingerprint density at radius 3 is 2.81 bits per heavy atom. The number of nitrogens with zero attached hydrogens (tertiary/aromatic N) is 1. The Hall–Kier alpha value is -0.610. The van der Waals surface area contributed by atoms with Crippen molar-refractivity contribution in [1.29, 1.82) is 0 Å². The number of likely N-dealkylation sites (tertiary alicyclic amines) is 1. The molecule has 3 unspecified atom stereocenters. The van der Waals surface area contributed by atoms with Gasteiger partial charge in [-0.25, -0.2) is 0 Å². The molecule has 2 rings (SSSR count). The van der Waals surface area contributed by atoms with E-state index in [1.54, 1.807) is 0 Å². The normalized spacial score (nSPS) is 36.1. The molecule has 0 amide bonds. The number of nitrogens with one attached hydrogen (secondary N) is 1. The average molecular weight is 226 g/mol. The molecule has 2 aliphatic rings. The van der Waals surface area contributed by atoms with Gasteiger partial charge in [-0.3, -0.25) is 9.69 Å². The van der Waals surface area contributed by atoms with E-state index >= 15 is 0 Å². The van der Waals surface area contributed by atoms with Crippen molar-refractivity contribution in [2.45, 2.75) is 51.2 Å². The Labute approximate surface area is 97.0 Å². The van der Waals surface area contributed by atoms with Crippen molar-refractivity contribution in [3.05, 3.63) is 0 Å². The van der Waals surface area contributed by atoms with Crippen LogP contribution in [0, 0.1) is 5.92 Å². The van der Waals surface area contributed by atoms with Gasteiger partial charge < -0.3 is 10.4 Å². The highest BCUT2D eigenvalue weighted by Gasteiger charge is 2.39. The summed E-state index contributed by atoms with van der Waals surface area (Å²) in [4.78, 5) is 13.4. The molecule has 2 N–H and O–H groups in total. The second kappa shape index (κ2) is 4.72. The van der Waals surface area contributed by atoms with Gasteiger partial charge >= 0.3 is 5.97 Å². The molecule has 0 radical (unpaired) electrons. The summed E-state index contributed by atoms with van der Waals surface area (Å²) in [5.41, 5.74) is 0. The monoisotopic (exact) mass is 226 g/mol. The number of aliphatic carboxylic acids is 1. The molecular formula is C12H22N2O2. The van der Waals surface area contributed by atoms with Gasteiger partial charge in [-0.2, -0.15) is 0 Å². The molecule has 4 nitrogen and oxygen atoms in total. The molecule has 2 saturated heterocycles. The maximum absolute atomic E-state index is 10.9. The Kier molecular flexibility index (Phi) is 3.50. The van der Waals surface area contributed by atoms with Crippen LogP contribution in [0.1, 0.15) is 33.1 Å². The first kappa shape index (κ1) is 11.9. The van der Waals surface area contributed by atoms with Crippen LogP contribution in [-0.2, 0) is 4.79 Å².